The van der Waals surface area contributed by atoms with Crippen molar-refractivity contribution in [1.82, 2.24) is 10.4 Å². The highest BCUT2D eigenvalue weighted by atomic mass is 19.2. The molecule has 84 valence electrons. The van der Waals surface area contributed by atoms with Crippen LogP contribution >= 0.6 is 0 Å². The SMILES string of the molecule is CN(C)NC(CN)c1ccc(F)c(F)c1. The molecule has 3 nitrogen and oxygen atoms in total. The first kappa shape index (κ1) is 12.0. The zero-order valence-corrected chi connectivity index (χ0v) is 8.80. The molecule has 0 aliphatic carbocycles. The van der Waals surface area contributed by atoms with Crippen molar-refractivity contribution in [3.8, 4) is 0 Å². The third kappa shape index (κ3) is 3.23. The third-order valence-electron chi connectivity index (χ3n) is 2.00. The van der Waals surface area contributed by atoms with E-state index in [9.17, 15) is 8.78 Å². The van der Waals surface area contributed by atoms with Crippen LogP contribution in [-0.4, -0.2) is 25.6 Å². The van der Waals surface area contributed by atoms with Crippen LogP contribution in [0.1, 0.15) is 11.6 Å². The molecule has 0 aromatic heterocycles. The van der Waals surface area contributed by atoms with Crippen LogP contribution < -0.4 is 11.2 Å². The summed E-state index contributed by atoms with van der Waals surface area (Å²) in [5, 5.41) is 1.72. The van der Waals surface area contributed by atoms with Crippen LogP contribution in [0.15, 0.2) is 18.2 Å². The van der Waals surface area contributed by atoms with Gasteiger partial charge in [-0.15, -0.1) is 0 Å². The number of rotatable bonds is 4. The number of halogens is 2. The van der Waals surface area contributed by atoms with Crippen LogP contribution in [0.2, 0.25) is 0 Å². The van der Waals surface area contributed by atoms with Crippen molar-refractivity contribution >= 4 is 0 Å². The second-order valence-electron chi connectivity index (χ2n) is 3.49. The monoisotopic (exact) mass is 215 g/mol. The Bertz CT molecular complexity index is 328. The lowest BCUT2D eigenvalue weighted by atomic mass is 10.1. The summed E-state index contributed by atoms with van der Waals surface area (Å²) in [7, 11) is 3.62. The molecule has 1 unspecified atom stereocenters. The quantitative estimate of drug-likeness (QED) is 0.737. The van der Waals surface area contributed by atoms with E-state index in [1.165, 1.54) is 6.07 Å². The zero-order valence-electron chi connectivity index (χ0n) is 8.80. The summed E-state index contributed by atoms with van der Waals surface area (Å²) in [4.78, 5) is 0. The topological polar surface area (TPSA) is 41.3 Å². The van der Waals surface area contributed by atoms with Gasteiger partial charge in [-0.3, -0.25) is 0 Å². The van der Waals surface area contributed by atoms with E-state index in [0.29, 0.717) is 12.1 Å². The minimum absolute atomic E-state index is 0.213. The van der Waals surface area contributed by atoms with E-state index in [2.05, 4.69) is 5.43 Å². The summed E-state index contributed by atoms with van der Waals surface area (Å²) >= 11 is 0. The number of benzene rings is 1. The van der Waals surface area contributed by atoms with Gasteiger partial charge in [0.05, 0.1) is 6.04 Å². The van der Waals surface area contributed by atoms with Gasteiger partial charge in [0.1, 0.15) is 0 Å². The average Bonchev–Trinajstić information content (AvgIpc) is 2.18. The Balaban J connectivity index is 2.87. The maximum atomic E-state index is 13.0. The number of hydrazine groups is 1. The van der Waals surface area contributed by atoms with Gasteiger partial charge in [-0.25, -0.2) is 19.2 Å². The van der Waals surface area contributed by atoms with Crippen LogP contribution in [0.3, 0.4) is 0 Å². The van der Waals surface area contributed by atoms with Gasteiger partial charge in [-0.2, -0.15) is 0 Å². The maximum absolute atomic E-state index is 13.0. The van der Waals surface area contributed by atoms with Gasteiger partial charge in [-0.05, 0) is 17.7 Å². The molecule has 0 saturated heterocycles. The Hall–Kier alpha value is -1.04. The Labute approximate surface area is 87.8 Å². The molecule has 0 aliphatic rings. The Morgan fingerprint density at radius 1 is 1.33 bits per heavy atom. The van der Waals surface area contributed by atoms with E-state index in [-0.39, 0.29) is 6.04 Å². The number of hydrogen-bond acceptors (Lipinski definition) is 3. The van der Waals surface area contributed by atoms with Crippen molar-refractivity contribution in [2.45, 2.75) is 6.04 Å². The van der Waals surface area contributed by atoms with Crippen molar-refractivity contribution < 1.29 is 8.78 Å². The van der Waals surface area contributed by atoms with Crippen molar-refractivity contribution in [3.63, 3.8) is 0 Å². The molecule has 0 saturated carbocycles. The molecule has 0 aliphatic heterocycles. The van der Waals surface area contributed by atoms with Gasteiger partial charge in [0, 0.05) is 20.6 Å². The van der Waals surface area contributed by atoms with Crippen LogP contribution in [0, 0.1) is 11.6 Å². The lowest BCUT2D eigenvalue weighted by Crippen LogP contribution is -2.38. The molecular weight excluding hydrogens is 200 g/mol. The molecule has 1 aromatic carbocycles. The summed E-state index contributed by atoms with van der Waals surface area (Å²) in [6.07, 6.45) is 0. The predicted octanol–water partition coefficient (Wildman–Crippen LogP) is 1.03. The fraction of sp³-hybridized carbons (Fsp3) is 0.400. The van der Waals surface area contributed by atoms with Gasteiger partial charge >= 0.3 is 0 Å². The first-order chi connectivity index (χ1) is 7.04. The molecule has 5 heteroatoms. The smallest absolute Gasteiger partial charge is 0.159 e. The zero-order chi connectivity index (χ0) is 11.4. The summed E-state index contributed by atoms with van der Waals surface area (Å²) in [6.45, 7) is 0.309. The maximum Gasteiger partial charge on any atom is 0.159 e. The van der Waals surface area contributed by atoms with Crippen molar-refractivity contribution in [2.24, 2.45) is 5.73 Å². The van der Waals surface area contributed by atoms with Crippen LogP contribution in [0.5, 0.6) is 0 Å². The van der Waals surface area contributed by atoms with Gasteiger partial charge in [0.15, 0.2) is 11.6 Å². The molecular formula is C10H15F2N3. The highest BCUT2D eigenvalue weighted by Crippen LogP contribution is 2.15. The van der Waals surface area contributed by atoms with Gasteiger partial charge in [0.2, 0.25) is 0 Å². The second-order valence-corrected chi connectivity index (χ2v) is 3.49. The summed E-state index contributed by atoms with van der Waals surface area (Å²) in [6, 6.07) is 3.57. The molecule has 15 heavy (non-hydrogen) atoms. The number of nitrogens with zero attached hydrogens (tertiary/aromatic N) is 1. The normalized spacial score (nSPS) is 13.2. The van der Waals surface area contributed by atoms with Gasteiger partial charge in [-0.1, -0.05) is 6.07 Å². The molecule has 0 spiro atoms. The van der Waals surface area contributed by atoms with Crippen molar-refractivity contribution in [1.29, 1.82) is 0 Å². The fourth-order valence-corrected chi connectivity index (χ4v) is 1.30. The Morgan fingerprint density at radius 3 is 2.47 bits per heavy atom. The van der Waals surface area contributed by atoms with Crippen molar-refractivity contribution in [2.75, 3.05) is 20.6 Å². The summed E-state index contributed by atoms with van der Waals surface area (Å²) < 4.78 is 25.6. The molecule has 1 rings (SSSR count). The number of nitrogens with one attached hydrogen (secondary N) is 1. The molecule has 1 atom stereocenters. The fourth-order valence-electron chi connectivity index (χ4n) is 1.30. The Morgan fingerprint density at radius 2 is 2.00 bits per heavy atom. The molecule has 0 bridgehead atoms. The van der Waals surface area contributed by atoms with E-state index in [0.717, 1.165) is 12.1 Å². The van der Waals surface area contributed by atoms with E-state index in [4.69, 9.17) is 5.73 Å². The summed E-state index contributed by atoms with van der Waals surface area (Å²) in [5.74, 6) is -1.70. The molecule has 0 amide bonds. The van der Waals surface area contributed by atoms with Crippen LogP contribution in [0.25, 0.3) is 0 Å². The highest BCUT2D eigenvalue weighted by molar-refractivity contribution is 5.21. The third-order valence-corrected chi connectivity index (χ3v) is 2.00. The molecule has 3 N–H and O–H groups in total. The molecule has 0 heterocycles. The predicted molar refractivity (Wildman–Crippen MR) is 55.0 cm³/mol. The van der Waals surface area contributed by atoms with E-state index in [1.54, 1.807) is 5.01 Å². The van der Waals surface area contributed by atoms with Crippen molar-refractivity contribution in [3.05, 3.63) is 35.4 Å². The number of hydrogen-bond donors (Lipinski definition) is 2. The lowest BCUT2D eigenvalue weighted by Gasteiger charge is -2.22. The van der Waals surface area contributed by atoms with E-state index in [1.807, 2.05) is 14.1 Å². The van der Waals surface area contributed by atoms with Gasteiger partial charge in [0.25, 0.3) is 0 Å². The standard InChI is InChI=1S/C10H15F2N3/c1-15(2)14-10(6-13)7-3-4-8(11)9(12)5-7/h3-5,10,14H,6,13H2,1-2H3. The van der Waals surface area contributed by atoms with Crippen LogP contribution in [-0.2, 0) is 0 Å². The second kappa shape index (κ2) is 5.16. The first-order valence-electron chi connectivity index (χ1n) is 4.63. The van der Waals surface area contributed by atoms with E-state index < -0.39 is 11.6 Å². The lowest BCUT2D eigenvalue weighted by molar-refractivity contribution is 0.245. The first-order valence-corrected chi connectivity index (χ1v) is 4.63. The number of nitrogens with two attached hydrogens (primary N) is 1. The van der Waals surface area contributed by atoms with E-state index >= 15 is 0 Å². The average molecular weight is 215 g/mol. The van der Waals surface area contributed by atoms with Gasteiger partial charge < -0.3 is 5.73 Å². The minimum Gasteiger partial charge on any atom is -0.329 e. The van der Waals surface area contributed by atoms with Crippen LogP contribution in [0.4, 0.5) is 8.78 Å². The largest absolute Gasteiger partial charge is 0.329 e. The molecule has 0 fully saturated rings. The minimum atomic E-state index is -0.855. The summed E-state index contributed by atoms with van der Waals surface area (Å²) in [5.41, 5.74) is 9.18. The molecule has 0 radical (unpaired) electrons. The highest BCUT2D eigenvalue weighted by Gasteiger charge is 2.12. The Kier molecular flexibility index (Phi) is 4.14. The molecule has 1 aromatic rings.